The summed E-state index contributed by atoms with van der Waals surface area (Å²) >= 11 is 0. The fraction of sp³-hybridized carbons (Fsp3) is 1.00. The number of ether oxygens (including phenoxy) is 2. The highest BCUT2D eigenvalue weighted by molar-refractivity contribution is 7.86. The van der Waals surface area contributed by atoms with Gasteiger partial charge in [0.2, 0.25) is 0 Å². The molecule has 1 heterocycles. The normalized spacial score (nSPS) is 32.8. The van der Waals surface area contributed by atoms with E-state index in [1.165, 1.54) is 7.11 Å². The van der Waals surface area contributed by atoms with E-state index in [9.17, 15) is 18.6 Å². The molecule has 1 saturated heterocycles. The van der Waals surface area contributed by atoms with Crippen LogP contribution in [0.5, 0.6) is 0 Å². The summed E-state index contributed by atoms with van der Waals surface area (Å²) in [5.74, 6) is 0. The molecule has 2 N–H and O–H groups in total. The zero-order chi connectivity index (χ0) is 18.9. The van der Waals surface area contributed by atoms with Crippen LogP contribution in [-0.2, 0) is 28.2 Å². The molecule has 1 fully saturated rings. The first-order chi connectivity index (χ1) is 10.7. The summed E-state index contributed by atoms with van der Waals surface area (Å²) in [4.78, 5) is 0. The lowest BCUT2D eigenvalue weighted by atomic mass is 9.99. The van der Waals surface area contributed by atoms with E-state index in [1.807, 2.05) is 0 Å². The van der Waals surface area contributed by atoms with E-state index >= 15 is 0 Å². The highest BCUT2D eigenvalue weighted by Gasteiger charge is 2.48. The van der Waals surface area contributed by atoms with Gasteiger partial charge >= 0.3 is 0 Å². The molecule has 0 spiro atoms. The van der Waals surface area contributed by atoms with E-state index in [4.69, 9.17) is 18.1 Å². The molecule has 0 bridgehead atoms. The van der Waals surface area contributed by atoms with Crippen molar-refractivity contribution in [2.45, 2.75) is 69.6 Å². The number of rotatable bonds is 6. The summed E-state index contributed by atoms with van der Waals surface area (Å²) in [6.45, 7) is 10.4. The summed E-state index contributed by atoms with van der Waals surface area (Å²) in [6, 6.07) is 0. The Hall–Kier alpha value is -0.0731. The number of aliphatic hydroxyl groups excluding tert-OH is 2. The van der Waals surface area contributed by atoms with Crippen LogP contribution in [0.2, 0.25) is 18.1 Å². The first kappa shape index (κ1) is 22.0. The van der Waals surface area contributed by atoms with E-state index < -0.39 is 49.1 Å². The fourth-order valence-corrected chi connectivity index (χ4v) is 3.70. The van der Waals surface area contributed by atoms with Gasteiger partial charge in [-0.2, -0.15) is 8.42 Å². The minimum absolute atomic E-state index is 0.0323. The third-order valence-corrected chi connectivity index (χ3v) is 9.65. The predicted molar refractivity (Wildman–Crippen MR) is 90.5 cm³/mol. The minimum Gasteiger partial charge on any atom is -0.414 e. The quantitative estimate of drug-likeness (QED) is 0.500. The topological polar surface area (TPSA) is 112 Å². The summed E-state index contributed by atoms with van der Waals surface area (Å²) < 4.78 is 44.2. The molecule has 24 heavy (non-hydrogen) atoms. The maximum absolute atomic E-state index is 11.4. The van der Waals surface area contributed by atoms with Crippen molar-refractivity contribution in [3.63, 3.8) is 0 Å². The van der Waals surface area contributed by atoms with E-state index in [2.05, 4.69) is 33.9 Å². The predicted octanol–water partition coefficient (Wildman–Crippen LogP) is 0.446. The Kier molecular flexibility index (Phi) is 7.01. The summed E-state index contributed by atoms with van der Waals surface area (Å²) in [7, 11) is -4.65. The highest BCUT2D eigenvalue weighted by atomic mass is 32.2. The Morgan fingerprint density at radius 3 is 2.12 bits per heavy atom. The van der Waals surface area contributed by atoms with Crippen molar-refractivity contribution in [3.8, 4) is 0 Å². The van der Waals surface area contributed by atoms with Crippen molar-refractivity contribution in [1.82, 2.24) is 0 Å². The lowest BCUT2D eigenvalue weighted by molar-refractivity contribution is -0.288. The molecule has 0 amide bonds. The summed E-state index contributed by atoms with van der Waals surface area (Å²) in [6.07, 6.45) is -5.33. The average Bonchev–Trinajstić information content (AvgIpc) is 2.40. The molecule has 1 aliphatic rings. The first-order valence-corrected chi connectivity index (χ1v) is 12.5. The second kappa shape index (κ2) is 7.66. The van der Waals surface area contributed by atoms with Crippen LogP contribution in [0.4, 0.5) is 0 Å². The van der Waals surface area contributed by atoms with Crippen molar-refractivity contribution < 1.29 is 36.7 Å². The largest absolute Gasteiger partial charge is 0.414 e. The Labute approximate surface area is 145 Å². The van der Waals surface area contributed by atoms with E-state index in [1.54, 1.807) is 0 Å². The van der Waals surface area contributed by atoms with E-state index in [0.717, 1.165) is 6.26 Å². The van der Waals surface area contributed by atoms with Gasteiger partial charge in [-0.25, -0.2) is 0 Å². The van der Waals surface area contributed by atoms with E-state index in [-0.39, 0.29) is 11.6 Å². The van der Waals surface area contributed by atoms with Crippen LogP contribution < -0.4 is 0 Å². The number of hydrogen-bond acceptors (Lipinski definition) is 8. The lowest BCUT2D eigenvalue weighted by Gasteiger charge is -2.43. The zero-order valence-electron chi connectivity index (χ0n) is 15.3. The molecule has 0 aliphatic carbocycles. The zero-order valence-corrected chi connectivity index (χ0v) is 17.2. The Morgan fingerprint density at radius 1 is 1.17 bits per heavy atom. The molecule has 1 aliphatic heterocycles. The highest BCUT2D eigenvalue weighted by Crippen LogP contribution is 2.37. The van der Waals surface area contributed by atoms with Crippen LogP contribution >= 0.6 is 0 Å². The van der Waals surface area contributed by atoms with Gasteiger partial charge in [-0.3, -0.25) is 4.18 Å². The second-order valence-corrected chi connectivity index (χ2v) is 14.0. The number of methoxy groups -OCH3 is 1. The molecule has 144 valence electrons. The van der Waals surface area contributed by atoms with Crippen LogP contribution in [0, 0.1) is 0 Å². The molecule has 0 saturated carbocycles. The average molecular weight is 387 g/mol. The van der Waals surface area contributed by atoms with Crippen LogP contribution in [0.1, 0.15) is 20.8 Å². The second-order valence-electron chi connectivity index (χ2n) is 7.60. The molecule has 0 aromatic heterocycles. The molecule has 8 nitrogen and oxygen atoms in total. The molecule has 10 heteroatoms. The van der Waals surface area contributed by atoms with Crippen LogP contribution in [0.25, 0.3) is 0 Å². The third-order valence-electron chi connectivity index (χ3n) is 4.57. The fourth-order valence-electron chi connectivity index (χ4n) is 2.06. The molecule has 0 aromatic rings. The Balaban J connectivity index is 2.90. The molecule has 0 radical (unpaired) electrons. The van der Waals surface area contributed by atoms with Crippen molar-refractivity contribution in [2.75, 3.05) is 20.0 Å². The Bertz CT molecular complexity index is 515. The molecule has 0 aromatic carbocycles. The number of hydrogen-bond donors (Lipinski definition) is 2. The lowest BCUT2D eigenvalue weighted by Crippen LogP contribution is -2.61. The molecular formula is C14H30O8SSi. The summed E-state index contributed by atoms with van der Waals surface area (Å²) in [5.41, 5.74) is 0. The van der Waals surface area contributed by atoms with Crippen molar-refractivity contribution in [2.24, 2.45) is 0 Å². The van der Waals surface area contributed by atoms with Crippen molar-refractivity contribution >= 4 is 18.4 Å². The monoisotopic (exact) mass is 386 g/mol. The smallest absolute Gasteiger partial charge is 0.264 e. The van der Waals surface area contributed by atoms with Gasteiger partial charge in [0.15, 0.2) is 14.6 Å². The SMILES string of the molecule is CO[C@H]1O[C@H](CO[Si](C)(C)C(C)(C)C)[C@@H](O)[C@H](OS(C)(=O)=O)[C@@H]1O. The van der Waals surface area contributed by atoms with Gasteiger partial charge < -0.3 is 24.1 Å². The molecule has 5 atom stereocenters. The van der Waals surface area contributed by atoms with Gasteiger partial charge in [0, 0.05) is 7.11 Å². The minimum atomic E-state index is -3.87. The molecule has 0 unspecified atom stereocenters. The summed E-state index contributed by atoms with van der Waals surface area (Å²) in [5, 5.41) is 20.5. The molecular weight excluding hydrogens is 356 g/mol. The van der Waals surface area contributed by atoms with Crippen LogP contribution in [0.15, 0.2) is 0 Å². The Morgan fingerprint density at radius 2 is 1.71 bits per heavy atom. The van der Waals surface area contributed by atoms with E-state index in [0.29, 0.717) is 0 Å². The standard InChI is InChI=1S/C14H30O8SSi/c1-14(2,3)24(6,7)20-8-9-10(15)12(22-23(5,17)18)11(16)13(19-4)21-9/h9-13,15-16H,8H2,1-7H3/t9-,10-,11+,12+,13+/m1/s1. The van der Waals surface area contributed by atoms with Gasteiger partial charge in [-0.1, -0.05) is 20.8 Å². The van der Waals surface area contributed by atoms with Gasteiger partial charge in [0.25, 0.3) is 10.1 Å². The third kappa shape index (κ3) is 5.46. The maximum Gasteiger partial charge on any atom is 0.264 e. The first-order valence-electron chi connectivity index (χ1n) is 7.76. The van der Waals surface area contributed by atoms with Crippen LogP contribution in [-0.4, -0.2) is 77.6 Å². The number of aliphatic hydroxyl groups is 2. The van der Waals surface area contributed by atoms with Crippen molar-refractivity contribution in [3.05, 3.63) is 0 Å². The van der Waals surface area contributed by atoms with Gasteiger partial charge in [-0.05, 0) is 18.1 Å². The molecule has 1 rings (SSSR count). The van der Waals surface area contributed by atoms with Crippen molar-refractivity contribution in [1.29, 1.82) is 0 Å². The van der Waals surface area contributed by atoms with Crippen LogP contribution in [0.3, 0.4) is 0 Å². The maximum atomic E-state index is 11.4. The van der Waals surface area contributed by atoms with Gasteiger partial charge in [0.05, 0.1) is 12.9 Å². The van der Waals surface area contributed by atoms with Gasteiger partial charge in [0.1, 0.15) is 24.4 Å². The van der Waals surface area contributed by atoms with Gasteiger partial charge in [-0.15, -0.1) is 0 Å².